The van der Waals surface area contributed by atoms with Gasteiger partial charge in [-0.1, -0.05) is 13.3 Å². The molecule has 1 fully saturated rings. The first-order valence-electron chi connectivity index (χ1n) is 6.14. The van der Waals surface area contributed by atoms with Crippen molar-refractivity contribution in [3.63, 3.8) is 0 Å². The average molecular weight is 239 g/mol. The molecule has 1 aliphatic heterocycles. The summed E-state index contributed by atoms with van der Waals surface area (Å²) in [5, 5.41) is 10.3. The van der Waals surface area contributed by atoms with Gasteiger partial charge < -0.3 is 10.6 Å². The highest BCUT2D eigenvalue weighted by Gasteiger charge is 2.32. The maximum Gasteiger partial charge on any atom is 0.106 e. The lowest BCUT2D eigenvalue weighted by molar-refractivity contribution is 0.276. The third-order valence-corrected chi connectivity index (χ3v) is 4.15. The molecule has 1 unspecified atom stereocenters. The molecule has 0 saturated carbocycles. The zero-order valence-corrected chi connectivity index (χ0v) is 10.8. The van der Waals surface area contributed by atoms with Crippen molar-refractivity contribution in [2.75, 3.05) is 19.6 Å². The van der Waals surface area contributed by atoms with E-state index in [-0.39, 0.29) is 0 Å². The SMILES string of the molecule is CCCC1(CNCc2nccs2)CCNC1. The van der Waals surface area contributed by atoms with Crippen LogP contribution < -0.4 is 10.6 Å². The van der Waals surface area contributed by atoms with Gasteiger partial charge in [0.15, 0.2) is 0 Å². The maximum atomic E-state index is 4.29. The molecule has 1 saturated heterocycles. The third kappa shape index (κ3) is 3.03. The summed E-state index contributed by atoms with van der Waals surface area (Å²) in [7, 11) is 0. The zero-order valence-electron chi connectivity index (χ0n) is 9.96. The average Bonchev–Trinajstić information content (AvgIpc) is 2.90. The van der Waals surface area contributed by atoms with E-state index in [1.54, 1.807) is 11.3 Å². The molecule has 1 aromatic heterocycles. The van der Waals surface area contributed by atoms with Gasteiger partial charge >= 0.3 is 0 Å². The number of thiazole rings is 1. The molecule has 4 heteroatoms. The second-order valence-electron chi connectivity index (χ2n) is 4.71. The summed E-state index contributed by atoms with van der Waals surface area (Å²) in [6.45, 7) is 6.67. The van der Waals surface area contributed by atoms with E-state index >= 15 is 0 Å². The van der Waals surface area contributed by atoms with Crippen LogP contribution in [0.15, 0.2) is 11.6 Å². The first-order valence-corrected chi connectivity index (χ1v) is 7.02. The van der Waals surface area contributed by atoms with Crippen LogP contribution >= 0.6 is 11.3 Å². The predicted molar refractivity (Wildman–Crippen MR) is 68.6 cm³/mol. The molecule has 0 aliphatic carbocycles. The second kappa shape index (κ2) is 5.75. The minimum absolute atomic E-state index is 0.492. The van der Waals surface area contributed by atoms with Gasteiger partial charge in [-0.15, -0.1) is 11.3 Å². The Morgan fingerprint density at radius 2 is 2.56 bits per heavy atom. The first-order chi connectivity index (χ1) is 7.85. The first kappa shape index (κ1) is 12.0. The van der Waals surface area contributed by atoms with Gasteiger partial charge in [0.25, 0.3) is 0 Å². The van der Waals surface area contributed by atoms with Crippen molar-refractivity contribution in [1.82, 2.24) is 15.6 Å². The smallest absolute Gasteiger partial charge is 0.106 e. The lowest BCUT2D eigenvalue weighted by atomic mass is 9.82. The van der Waals surface area contributed by atoms with Crippen molar-refractivity contribution in [2.24, 2.45) is 5.41 Å². The van der Waals surface area contributed by atoms with Crippen molar-refractivity contribution in [2.45, 2.75) is 32.7 Å². The maximum absolute atomic E-state index is 4.29. The lowest BCUT2D eigenvalue weighted by Gasteiger charge is -2.28. The van der Waals surface area contributed by atoms with Gasteiger partial charge in [-0.05, 0) is 24.8 Å². The quantitative estimate of drug-likeness (QED) is 0.797. The van der Waals surface area contributed by atoms with Crippen molar-refractivity contribution < 1.29 is 0 Å². The Morgan fingerprint density at radius 3 is 3.19 bits per heavy atom. The molecule has 16 heavy (non-hydrogen) atoms. The zero-order chi connectivity index (χ0) is 11.3. The van der Waals surface area contributed by atoms with Crippen LogP contribution in [0.3, 0.4) is 0 Å². The van der Waals surface area contributed by atoms with Gasteiger partial charge in [0.1, 0.15) is 5.01 Å². The number of hydrogen-bond acceptors (Lipinski definition) is 4. The second-order valence-corrected chi connectivity index (χ2v) is 5.69. The molecule has 2 N–H and O–H groups in total. The predicted octanol–water partition coefficient (Wildman–Crippen LogP) is 2.01. The summed E-state index contributed by atoms with van der Waals surface area (Å²) in [6, 6.07) is 0. The summed E-state index contributed by atoms with van der Waals surface area (Å²) in [5.74, 6) is 0. The number of nitrogens with zero attached hydrogens (tertiary/aromatic N) is 1. The fourth-order valence-electron chi connectivity index (χ4n) is 2.55. The molecule has 0 amide bonds. The van der Waals surface area contributed by atoms with Crippen LogP contribution in [0.2, 0.25) is 0 Å². The summed E-state index contributed by atoms with van der Waals surface area (Å²) >= 11 is 1.73. The van der Waals surface area contributed by atoms with Crippen molar-refractivity contribution >= 4 is 11.3 Å². The Bertz CT molecular complexity index is 291. The van der Waals surface area contributed by atoms with Crippen LogP contribution in [0, 0.1) is 5.41 Å². The largest absolute Gasteiger partial charge is 0.316 e. The van der Waals surface area contributed by atoms with Crippen LogP contribution in [0.1, 0.15) is 31.2 Å². The van der Waals surface area contributed by atoms with E-state index in [2.05, 4.69) is 22.5 Å². The van der Waals surface area contributed by atoms with Gasteiger partial charge in [0, 0.05) is 31.2 Å². The molecule has 1 aliphatic rings. The molecule has 0 spiro atoms. The van der Waals surface area contributed by atoms with Crippen LogP contribution in [0.5, 0.6) is 0 Å². The summed E-state index contributed by atoms with van der Waals surface area (Å²) in [6.07, 6.45) is 5.79. The van der Waals surface area contributed by atoms with Crippen molar-refractivity contribution in [3.8, 4) is 0 Å². The van der Waals surface area contributed by atoms with Gasteiger partial charge in [-0.3, -0.25) is 0 Å². The Labute approximate surface area is 102 Å². The molecular formula is C12H21N3S. The molecule has 0 aromatic carbocycles. The van der Waals surface area contributed by atoms with E-state index < -0.39 is 0 Å². The van der Waals surface area contributed by atoms with E-state index in [1.165, 1.54) is 37.4 Å². The van der Waals surface area contributed by atoms with E-state index in [1.807, 2.05) is 11.6 Å². The van der Waals surface area contributed by atoms with E-state index in [9.17, 15) is 0 Å². The Balaban J connectivity index is 1.78. The molecule has 1 aromatic rings. The molecule has 1 atom stereocenters. The molecule has 0 radical (unpaired) electrons. The molecule has 0 bridgehead atoms. The van der Waals surface area contributed by atoms with Gasteiger partial charge in [0.05, 0.1) is 0 Å². The van der Waals surface area contributed by atoms with Crippen molar-refractivity contribution in [3.05, 3.63) is 16.6 Å². The number of aromatic nitrogens is 1. The Hall–Kier alpha value is -0.450. The number of hydrogen-bond donors (Lipinski definition) is 2. The Morgan fingerprint density at radius 1 is 1.62 bits per heavy atom. The highest BCUT2D eigenvalue weighted by atomic mass is 32.1. The van der Waals surface area contributed by atoms with Crippen LogP contribution in [-0.4, -0.2) is 24.6 Å². The Kier molecular flexibility index (Phi) is 4.32. The van der Waals surface area contributed by atoms with Crippen molar-refractivity contribution in [1.29, 1.82) is 0 Å². The minimum atomic E-state index is 0.492. The normalized spacial score (nSPS) is 25.1. The topological polar surface area (TPSA) is 37.0 Å². The fraction of sp³-hybridized carbons (Fsp3) is 0.750. The van der Waals surface area contributed by atoms with Gasteiger partial charge in [0.2, 0.25) is 0 Å². The van der Waals surface area contributed by atoms with E-state index in [4.69, 9.17) is 0 Å². The highest BCUT2D eigenvalue weighted by molar-refractivity contribution is 7.09. The van der Waals surface area contributed by atoms with E-state index in [0.717, 1.165) is 13.1 Å². The molecule has 2 rings (SSSR count). The van der Waals surface area contributed by atoms with Crippen LogP contribution in [-0.2, 0) is 6.54 Å². The van der Waals surface area contributed by atoms with Crippen LogP contribution in [0.25, 0.3) is 0 Å². The number of rotatable bonds is 6. The summed E-state index contributed by atoms with van der Waals surface area (Å²) in [4.78, 5) is 4.29. The third-order valence-electron chi connectivity index (χ3n) is 3.37. The summed E-state index contributed by atoms with van der Waals surface area (Å²) < 4.78 is 0. The monoisotopic (exact) mass is 239 g/mol. The van der Waals surface area contributed by atoms with E-state index in [0.29, 0.717) is 5.41 Å². The molecule has 2 heterocycles. The summed E-state index contributed by atoms with van der Waals surface area (Å²) in [5.41, 5.74) is 0.492. The van der Waals surface area contributed by atoms with Crippen LogP contribution in [0.4, 0.5) is 0 Å². The minimum Gasteiger partial charge on any atom is -0.316 e. The highest BCUT2D eigenvalue weighted by Crippen LogP contribution is 2.30. The van der Waals surface area contributed by atoms with Gasteiger partial charge in [-0.2, -0.15) is 0 Å². The fourth-order valence-corrected chi connectivity index (χ4v) is 3.14. The standard InChI is InChI=1S/C12H21N3S/c1-2-3-12(4-5-13-9-12)10-14-8-11-15-6-7-16-11/h6-7,13-14H,2-5,8-10H2,1H3. The molecule has 3 nitrogen and oxygen atoms in total. The number of nitrogens with one attached hydrogen (secondary N) is 2. The molecular weight excluding hydrogens is 218 g/mol. The van der Waals surface area contributed by atoms with Gasteiger partial charge in [-0.25, -0.2) is 4.98 Å². The molecule has 90 valence electrons. The lowest BCUT2D eigenvalue weighted by Crippen LogP contribution is -2.35.